The number of carbonyl (C=O) groups excluding carboxylic acids is 1. The third-order valence-corrected chi connectivity index (χ3v) is 8.74. The molecule has 0 unspecified atom stereocenters. The van der Waals surface area contributed by atoms with Crippen LogP contribution in [-0.2, 0) is 4.79 Å². The van der Waals surface area contributed by atoms with Crippen LogP contribution in [0.1, 0.15) is 84.6 Å². The van der Waals surface area contributed by atoms with Crippen LogP contribution in [0.3, 0.4) is 0 Å². The fraction of sp³-hybridized carbons (Fsp3) is 0.375. The second kappa shape index (κ2) is 10.2. The monoisotopic (exact) mass is 534 g/mol. The van der Waals surface area contributed by atoms with Crippen LogP contribution in [-0.4, -0.2) is 50.0 Å². The number of carbonyl (C=O) groups is 1. The van der Waals surface area contributed by atoms with Gasteiger partial charge in [0, 0.05) is 36.4 Å². The average molecular weight is 535 g/mol. The summed E-state index contributed by atoms with van der Waals surface area (Å²) >= 11 is 0. The summed E-state index contributed by atoms with van der Waals surface area (Å²) < 4.78 is 1.98. The summed E-state index contributed by atoms with van der Waals surface area (Å²) in [5.41, 5.74) is 5.18. The van der Waals surface area contributed by atoms with Crippen LogP contribution < -0.4 is 10.2 Å². The van der Waals surface area contributed by atoms with Crippen molar-refractivity contribution in [2.75, 3.05) is 23.3 Å². The van der Waals surface area contributed by atoms with Gasteiger partial charge in [-0.1, -0.05) is 67.6 Å². The number of aliphatic hydroxyl groups is 1. The highest BCUT2D eigenvalue weighted by Gasteiger charge is 2.40. The first-order valence-corrected chi connectivity index (χ1v) is 14.4. The Kier molecular flexibility index (Phi) is 6.35. The molecule has 1 saturated heterocycles. The maximum absolute atomic E-state index is 12.8. The predicted octanol–water partition coefficient (Wildman–Crippen LogP) is 4.99. The van der Waals surface area contributed by atoms with E-state index in [9.17, 15) is 9.90 Å². The maximum Gasteiger partial charge on any atom is 0.254 e. The van der Waals surface area contributed by atoms with E-state index in [1.807, 2.05) is 60.4 Å². The molecule has 2 aliphatic heterocycles. The molecule has 8 nitrogen and oxygen atoms in total. The molecule has 2 aromatic heterocycles. The van der Waals surface area contributed by atoms with E-state index in [2.05, 4.69) is 44.5 Å². The summed E-state index contributed by atoms with van der Waals surface area (Å²) in [7, 11) is 0. The van der Waals surface area contributed by atoms with Gasteiger partial charge < -0.3 is 15.3 Å². The molecule has 7 rings (SSSR count). The number of anilines is 2. The van der Waals surface area contributed by atoms with Crippen LogP contribution in [0, 0.1) is 0 Å². The van der Waals surface area contributed by atoms with Crippen molar-refractivity contribution in [3.63, 3.8) is 0 Å². The van der Waals surface area contributed by atoms with Gasteiger partial charge in [-0.15, -0.1) is 0 Å². The quantitative estimate of drug-likeness (QED) is 0.362. The first-order chi connectivity index (χ1) is 19.6. The lowest BCUT2D eigenvalue weighted by Crippen LogP contribution is -2.38. The molecule has 2 fully saturated rings. The van der Waals surface area contributed by atoms with Gasteiger partial charge in [0.2, 0.25) is 0 Å². The van der Waals surface area contributed by atoms with Crippen LogP contribution in [0.5, 0.6) is 0 Å². The highest BCUT2D eigenvalue weighted by atomic mass is 16.3. The standard InChI is InChI=1S/C32H34N6O2/c1-20-26-27(21-14-16-37(17-15-21)25-18-33-30(34-19-25)24-12-13-24)36-38(31(26)35-32(40)29(20)39)28(22-8-4-2-5-9-22)23-10-6-3-7-11-23/h2-11,18-21,24,28-29,39H,12-17H2,1H3,(H,35,40)/t20-,29-/m0/s1. The smallest absolute Gasteiger partial charge is 0.254 e. The molecule has 4 heterocycles. The van der Waals surface area contributed by atoms with E-state index in [1.54, 1.807) is 0 Å². The van der Waals surface area contributed by atoms with Crippen molar-refractivity contribution in [3.05, 3.63) is 101 Å². The van der Waals surface area contributed by atoms with E-state index in [-0.39, 0.29) is 23.8 Å². The maximum atomic E-state index is 12.8. The van der Waals surface area contributed by atoms with Crippen molar-refractivity contribution < 1.29 is 9.90 Å². The number of benzene rings is 2. The number of nitrogens with zero attached hydrogens (tertiary/aromatic N) is 5. The normalized spacial score (nSPS) is 21.4. The van der Waals surface area contributed by atoms with Crippen LogP contribution in [0.2, 0.25) is 0 Å². The van der Waals surface area contributed by atoms with Gasteiger partial charge in [0.15, 0.2) is 0 Å². The van der Waals surface area contributed by atoms with Crippen molar-refractivity contribution in [1.29, 1.82) is 0 Å². The summed E-state index contributed by atoms with van der Waals surface area (Å²) in [5.74, 6) is 1.71. The highest BCUT2D eigenvalue weighted by molar-refractivity contribution is 5.97. The lowest BCUT2D eigenvalue weighted by atomic mass is 9.84. The second-order valence-electron chi connectivity index (χ2n) is 11.4. The number of rotatable bonds is 6. The van der Waals surface area contributed by atoms with Crippen LogP contribution >= 0.6 is 0 Å². The molecular weight excluding hydrogens is 500 g/mol. The third kappa shape index (κ3) is 4.46. The molecule has 1 amide bonds. The molecule has 4 aromatic rings. The average Bonchev–Trinajstić information content (AvgIpc) is 3.80. The van der Waals surface area contributed by atoms with E-state index in [0.29, 0.717) is 11.7 Å². The van der Waals surface area contributed by atoms with Crippen molar-refractivity contribution >= 4 is 17.4 Å². The Balaban J connectivity index is 1.24. The number of hydrogen-bond donors (Lipinski definition) is 2. The first-order valence-electron chi connectivity index (χ1n) is 14.4. The number of aliphatic hydroxyl groups excluding tert-OH is 1. The lowest BCUT2D eigenvalue weighted by Gasteiger charge is -2.34. The van der Waals surface area contributed by atoms with Crippen molar-refractivity contribution in [1.82, 2.24) is 19.7 Å². The van der Waals surface area contributed by atoms with Crippen LogP contribution in [0.4, 0.5) is 11.5 Å². The van der Waals surface area contributed by atoms with Crippen LogP contribution in [0.15, 0.2) is 73.1 Å². The fourth-order valence-electron chi connectivity index (χ4n) is 6.31. The molecule has 2 aromatic carbocycles. The fourth-order valence-corrected chi connectivity index (χ4v) is 6.31. The molecule has 1 saturated carbocycles. The van der Waals surface area contributed by atoms with E-state index in [4.69, 9.17) is 5.10 Å². The predicted molar refractivity (Wildman–Crippen MR) is 154 cm³/mol. The summed E-state index contributed by atoms with van der Waals surface area (Å²) in [6.07, 6.45) is 7.08. The zero-order valence-corrected chi connectivity index (χ0v) is 22.6. The van der Waals surface area contributed by atoms with Gasteiger partial charge in [-0.05, 0) is 36.8 Å². The van der Waals surface area contributed by atoms with Gasteiger partial charge in [-0.25, -0.2) is 14.6 Å². The van der Waals surface area contributed by atoms with E-state index < -0.39 is 6.10 Å². The molecule has 1 aliphatic carbocycles. The van der Waals surface area contributed by atoms with Gasteiger partial charge in [0.25, 0.3) is 5.91 Å². The Hall–Kier alpha value is -4.04. The van der Waals surface area contributed by atoms with Crippen LogP contribution in [0.25, 0.3) is 0 Å². The summed E-state index contributed by atoms with van der Waals surface area (Å²) in [5, 5.41) is 19.1. The lowest BCUT2D eigenvalue weighted by molar-refractivity contribution is -0.125. The molecule has 3 aliphatic rings. The molecular formula is C32H34N6O2. The number of aromatic nitrogens is 4. The van der Waals surface area contributed by atoms with Crippen molar-refractivity contribution in [3.8, 4) is 0 Å². The number of fused-ring (bicyclic) bond motifs is 1. The molecule has 2 N–H and O–H groups in total. The Labute approximate surface area is 234 Å². The molecule has 40 heavy (non-hydrogen) atoms. The summed E-state index contributed by atoms with van der Waals surface area (Å²) in [6, 6.07) is 20.3. The molecule has 0 spiro atoms. The van der Waals surface area contributed by atoms with Gasteiger partial charge >= 0.3 is 0 Å². The molecule has 0 bridgehead atoms. The minimum Gasteiger partial charge on any atom is -0.383 e. The molecule has 2 atom stereocenters. The number of nitrogens with one attached hydrogen (secondary N) is 1. The molecule has 204 valence electrons. The van der Waals surface area contributed by atoms with E-state index in [0.717, 1.165) is 59.8 Å². The molecule has 8 heteroatoms. The first kappa shape index (κ1) is 25.0. The largest absolute Gasteiger partial charge is 0.383 e. The highest BCUT2D eigenvalue weighted by Crippen LogP contribution is 2.44. The molecule has 0 radical (unpaired) electrons. The number of amides is 1. The van der Waals surface area contributed by atoms with E-state index >= 15 is 0 Å². The minimum absolute atomic E-state index is 0.213. The van der Waals surface area contributed by atoms with Gasteiger partial charge in [-0.2, -0.15) is 5.10 Å². The Morgan fingerprint density at radius 2 is 1.48 bits per heavy atom. The van der Waals surface area contributed by atoms with Crippen molar-refractivity contribution in [2.24, 2.45) is 0 Å². The zero-order valence-electron chi connectivity index (χ0n) is 22.6. The summed E-state index contributed by atoms with van der Waals surface area (Å²) in [6.45, 7) is 3.69. The second-order valence-corrected chi connectivity index (χ2v) is 11.4. The zero-order chi connectivity index (χ0) is 27.2. The number of piperidine rings is 1. The van der Waals surface area contributed by atoms with Gasteiger partial charge in [0.05, 0.1) is 23.8 Å². The SMILES string of the molecule is C[C@H]1c2c(C3CCN(c4cnc(C5CC5)nc4)CC3)nn(C(c3ccccc3)c3ccccc3)c2NC(=O)[C@H]1O. The van der Waals surface area contributed by atoms with Gasteiger partial charge in [0.1, 0.15) is 23.8 Å². The Morgan fingerprint density at radius 3 is 2.05 bits per heavy atom. The topological polar surface area (TPSA) is 96.2 Å². The minimum atomic E-state index is -1.10. The number of hydrogen-bond acceptors (Lipinski definition) is 6. The summed E-state index contributed by atoms with van der Waals surface area (Å²) in [4.78, 5) is 24.4. The Bertz CT molecular complexity index is 1450. The Morgan fingerprint density at radius 1 is 0.875 bits per heavy atom. The van der Waals surface area contributed by atoms with E-state index in [1.165, 1.54) is 12.8 Å². The van der Waals surface area contributed by atoms with Gasteiger partial charge in [-0.3, -0.25) is 4.79 Å². The van der Waals surface area contributed by atoms with Crippen molar-refractivity contribution in [2.45, 2.75) is 62.5 Å². The third-order valence-electron chi connectivity index (χ3n) is 8.74.